The van der Waals surface area contributed by atoms with Gasteiger partial charge in [0.25, 0.3) is 5.56 Å². The maximum atomic E-state index is 14.8. The lowest BCUT2D eigenvalue weighted by Crippen LogP contribution is -2.42. The number of aliphatic hydroxyl groups is 2. The highest BCUT2D eigenvalue weighted by molar-refractivity contribution is 5.69. The van der Waals surface area contributed by atoms with E-state index in [1.54, 1.807) is 0 Å². The molecule has 2 aromatic heterocycles. The minimum Gasteiger partial charge on any atom is -0.394 e. The standard InChI is InChI=1S/C12H11FN4O4/c1-2-12(13)8(19)6(3-18)21-11(12)17-5-16-7-9(17)14-4-15-10(7)20/h1,4-6,8,11,18-19H,3H2,(H,14,15,20)/t6-,8?,11-,12?/m1/s1. The Bertz CT molecular complexity index is 781. The molecule has 4 atom stereocenters. The fourth-order valence-corrected chi connectivity index (χ4v) is 2.36. The highest BCUT2D eigenvalue weighted by Gasteiger charge is 2.57. The summed E-state index contributed by atoms with van der Waals surface area (Å²) in [7, 11) is 0. The molecule has 2 aromatic rings. The van der Waals surface area contributed by atoms with Gasteiger partial charge in [-0.05, 0) is 0 Å². The van der Waals surface area contributed by atoms with Crippen molar-refractivity contribution in [2.24, 2.45) is 0 Å². The van der Waals surface area contributed by atoms with Gasteiger partial charge < -0.3 is 19.9 Å². The molecule has 3 heterocycles. The van der Waals surface area contributed by atoms with Crippen molar-refractivity contribution in [1.82, 2.24) is 19.5 Å². The van der Waals surface area contributed by atoms with Crippen LogP contribution in [0, 0.1) is 12.3 Å². The molecule has 1 aliphatic heterocycles. The molecular weight excluding hydrogens is 283 g/mol. The van der Waals surface area contributed by atoms with E-state index in [0.29, 0.717) is 0 Å². The number of nitrogens with one attached hydrogen (secondary N) is 1. The van der Waals surface area contributed by atoms with E-state index in [4.69, 9.17) is 16.3 Å². The summed E-state index contributed by atoms with van der Waals surface area (Å²) in [5.74, 6) is 1.86. The lowest BCUT2D eigenvalue weighted by molar-refractivity contribution is -0.0504. The van der Waals surface area contributed by atoms with Gasteiger partial charge in [-0.3, -0.25) is 9.36 Å². The number of halogens is 1. The summed E-state index contributed by atoms with van der Waals surface area (Å²) in [6.07, 6.45) is 3.11. The van der Waals surface area contributed by atoms with Crippen LogP contribution in [-0.2, 0) is 4.74 Å². The van der Waals surface area contributed by atoms with E-state index in [9.17, 15) is 14.3 Å². The fourth-order valence-electron chi connectivity index (χ4n) is 2.36. The van der Waals surface area contributed by atoms with Gasteiger partial charge in [-0.1, -0.05) is 5.92 Å². The summed E-state index contributed by atoms with van der Waals surface area (Å²) in [6, 6.07) is 0. The van der Waals surface area contributed by atoms with Gasteiger partial charge in [0.2, 0.25) is 5.67 Å². The number of fused-ring (bicyclic) bond motifs is 1. The number of aliphatic hydroxyl groups excluding tert-OH is 2. The second kappa shape index (κ2) is 4.63. The average molecular weight is 294 g/mol. The Kier molecular flexibility index (Phi) is 3.02. The smallest absolute Gasteiger partial charge is 0.278 e. The van der Waals surface area contributed by atoms with Gasteiger partial charge in [0.1, 0.15) is 12.2 Å². The summed E-state index contributed by atoms with van der Waals surface area (Å²) in [4.78, 5) is 21.7. The van der Waals surface area contributed by atoms with E-state index < -0.39 is 36.3 Å². The lowest BCUT2D eigenvalue weighted by Gasteiger charge is -2.23. The zero-order valence-electron chi connectivity index (χ0n) is 10.6. The number of ether oxygens (including phenoxy) is 1. The molecule has 0 aliphatic carbocycles. The number of H-pyrrole nitrogens is 1. The van der Waals surface area contributed by atoms with Crippen LogP contribution in [0.3, 0.4) is 0 Å². The molecule has 21 heavy (non-hydrogen) atoms. The third-order valence-electron chi connectivity index (χ3n) is 3.46. The molecule has 0 aromatic carbocycles. The fraction of sp³-hybridized carbons (Fsp3) is 0.417. The molecule has 3 rings (SSSR count). The number of alkyl halides is 1. The first-order valence-electron chi connectivity index (χ1n) is 6.04. The maximum absolute atomic E-state index is 14.8. The second-order valence-corrected chi connectivity index (χ2v) is 4.62. The molecular formula is C12H11FN4O4. The van der Waals surface area contributed by atoms with Crippen LogP contribution in [0.15, 0.2) is 17.4 Å². The predicted octanol–water partition coefficient (Wildman–Crippen LogP) is -1.29. The molecule has 0 radical (unpaired) electrons. The molecule has 3 N–H and O–H groups in total. The van der Waals surface area contributed by atoms with E-state index in [2.05, 4.69) is 15.0 Å². The van der Waals surface area contributed by atoms with Crippen molar-refractivity contribution < 1.29 is 19.3 Å². The van der Waals surface area contributed by atoms with Crippen molar-refractivity contribution in [2.45, 2.75) is 24.1 Å². The Morgan fingerprint density at radius 1 is 1.62 bits per heavy atom. The summed E-state index contributed by atoms with van der Waals surface area (Å²) < 4.78 is 21.2. The first kappa shape index (κ1) is 13.7. The van der Waals surface area contributed by atoms with E-state index in [0.717, 1.165) is 17.2 Å². The maximum Gasteiger partial charge on any atom is 0.278 e. The van der Waals surface area contributed by atoms with Crippen molar-refractivity contribution in [3.63, 3.8) is 0 Å². The van der Waals surface area contributed by atoms with Crippen LogP contribution < -0.4 is 5.56 Å². The highest BCUT2D eigenvalue weighted by atomic mass is 19.1. The number of hydrogen-bond donors (Lipinski definition) is 3. The highest BCUT2D eigenvalue weighted by Crippen LogP contribution is 2.41. The Labute approximate surface area is 117 Å². The Morgan fingerprint density at radius 2 is 2.38 bits per heavy atom. The monoisotopic (exact) mass is 294 g/mol. The average Bonchev–Trinajstić information content (AvgIpc) is 3.01. The SMILES string of the molecule is C#CC1(F)C(O)[C@@H](CO)O[C@H]1n1cnc2c(=O)[nH]cnc21. The normalized spacial score (nSPS) is 32.4. The minimum atomic E-state index is -2.58. The van der Waals surface area contributed by atoms with Gasteiger partial charge in [-0.2, -0.15) is 0 Å². The van der Waals surface area contributed by atoms with E-state index in [-0.39, 0.29) is 11.2 Å². The van der Waals surface area contributed by atoms with Crippen molar-refractivity contribution in [2.75, 3.05) is 6.61 Å². The summed E-state index contributed by atoms with van der Waals surface area (Å²) in [6.45, 7) is -0.605. The molecule has 0 saturated carbocycles. The molecule has 1 aliphatic rings. The van der Waals surface area contributed by atoms with Crippen LogP contribution in [0.25, 0.3) is 11.2 Å². The van der Waals surface area contributed by atoms with Crippen LogP contribution in [-0.4, -0.2) is 54.2 Å². The zero-order chi connectivity index (χ0) is 15.2. The zero-order valence-corrected chi connectivity index (χ0v) is 10.6. The van der Waals surface area contributed by atoms with Crippen LogP contribution in [0.4, 0.5) is 4.39 Å². The molecule has 0 bridgehead atoms. The second-order valence-electron chi connectivity index (χ2n) is 4.62. The van der Waals surface area contributed by atoms with Crippen molar-refractivity contribution in [1.29, 1.82) is 0 Å². The van der Waals surface area contributed by atoms with Crippen molar-refractivity contribution >= 4 is 11.2 Å². The van der Waals surface area contributed by atoms with Crippen LogP contribution in [0.5, 0.6) is 0 Å². The Balaban J connectivity index is 2.16. The molecule has 8 nitrogen and oxygen atoms in total. The molecule has 2 unspecified atom stereocenters. The van der Waals surface area contributed by atoms with Crippen LogP contribution in [0.2, 0.25) is 0 Å². The minimum absolute atomic E-state index is 0.0117. The Morgan fingerprint density at radius 3 is 3.05 bits per heavy atom. The number of nitrogens with zero attached hydrogens (tertiary/aromatic N) is 3. The molecule has 110 valence electrons. The predicted molar refractivity (Wildman–Crippen MR) is 67.8 cm³/mol. The molecule has 0 spiro atoms. The first-order valence-corrected chi connectivity index (χ1v) is 6.04. The summed E-state index contributed by atoms with van der Waals surface area (Å²) in [5.41, 5.74) is -3.03. The number of aromatic nitrogens is 4. The van der Waals surface area contributed by atoms with Crippen molar-refractivity contribution in [3.8, 4) is 12.3 Å². The number of imidazole rings is 1. The first-order chi connectivity index (χ1) is 10.0. The van der Waals surface area contributed by atoms with Crippen LogP contribution in [0.1, 0.15) is 6.23 Å². The van der Waals surface area contributed by atoms with Crippen molar-refractivity contribution in [3.05, 3.63) is 23.0 Å². The number of rotatable bonds is 2. The molecule has 1 fully saturated rings. The van der Waals surface area contributed by atoms with Gasteiger partial charge in [-0.15, -0.1) is 6.42 Å². The van der Waals surface area contributed by atoms with E-state index in [1.807, 2.05) is 5.92 Å². The lowest BCUT2D eigenvalue weighted by atomic mass is 9.97. The number of aromatic amines is 1. The van der Waals surface area contributed by atoms with E-state index >= 15 is 0 Å². The number of terminal acetylenes is 1. The van der Waals surface area contributed by atoms with Gasteiger partial charge in [0.05, 0.1) is 19.3 Å². The molecule has 1 saturated heterocycles. The third kappa shape index (κ3) is 1.77. The van der Waals surface area contributed by atoms with Gasteiger partial charge in [0, 0.05) is 0 Å². The number of hydrogen-bond acceptors (Lipinski definition) is 6. The largest absolute Gasteiger partial charge is 0.394 e. The quantitative estimate of drug-likeness (QED) is 0.594. The van der Waals surface area contributed by atoms with E-state index in [1.165, 1.54) is 0 Å². The summed E-state index contributed by atoms with van der Waals surface area (Å²) in [5, 5.41) is 19.0. The van der Waals surface area contributed by atoms with Gasteiger partial charge in [0.15, 0.2) is 17.4 Å². The molecule has 9 heteroatoms. The van der Waals surface area contributed by atoms with Crippen LogP contribution >= 0.6 is 0 Å². The molecule has 0 amide bonds. The summed E-state index contributed by atoms with van der Waals surface area (Å²) >= 11 is 0. The Hall–Kier alpha value is -2.28. The topological polar surface area (TPSA) is 113 Å². The van der Waals surface area contributed by atoms with Gasteiger partial charge >= 0.3 is 0 Å². The van der Waals surface area contributed by atoms with Gasteiger partial charge in [-0.25, -0.2) is 14.4 Å². The third-order valence-corrected chi connectivity index (χ3v) is 3.46.